The number of piperazine rings is 1. The highest BCUT2D eigenvalue weighted by atomic mass is 32.1. The predicted molar refractivity (Wildman–Crippen MR) is 124 cm³/mol. The molecule has 7 nitrogen and oxygen atoms in total. The van der Waals surface area contributed by atoms with Crippen LogP contribution in [-0.2, 0) is 11.3 Å². The van der Waals surface area contributed by atoms with E-state index in [-0.39, 0.29) is 24.2 Å². The van der Waals surface area contributed by atoms with Crippen molar-refractivity contribution in [2.45, 2.75) is 13.5 Å². The Balaban J connectivity index is 1.32. The molecule has 5 rings (SSSR count). The van der Waals surface area contributed by atoms with Crippen molar-refractivity contribution in [3.05, 3.63) is 70.4 Å². The van der Waals surface area contributed by atoms with Crippen molar-refractivity contribution in [1.82, 2.24) is 24.6 Å². The maximum Gasteiger partial charge on any atom is 0.264 e. The lowest BCUT2D eigenvalue weighted by Gasteiger charge is -2.34. The molecule has 0 unspecified atom stereocenters. The molecule has 0 saturated carbocycles. The quantitative estimate of drug-likeness (QED) is 0.464. The minimum atomic E-state index is -0.292. The van der Waals surface area contributed by atoms with Crippen LogP contribution in [0.4, 0.5) is 4.39 Å². The number of rotatable bonds is 4. The lowest BCUT2D eigenvalue weighted by atomic mass is 10.0. The number of carbonyl (C=O) groups is 2. The van der Waals surface area contributed by atoms with Crippen LogP contribution in [-0.4, -0.2) is 62.6 Å². The van der Waals surface area contributed by atoms with Gasteiger partial charge in [0.1, 0.15) is 12.4 Å². The zero-order valence-electron chi connectivity index (χ0n) is 18.1. The molecule has 0 spiro atoms. The van der Waals surface area contributed by atoms with Crippen LogP contribution in [0.15, 0.2) is 54.0 Å². The Kier molecular flexibility index (Phi) is 5.63. The second kappa shape index (κ2) is 8.74. The smallest absolute Gasteiger partial charge is 0.264 e. The zero-order chi connectivity index (χ0) is 22.9. The molecule has 0 N–H and O–H groups in total. The molecule has 33 heavy (non-hydrogen) atoms. The van der Waals surface area contributed by atoms with Crippen molar-refractivity contribution in [2.24, 2.45) is 0 Å². The molecule has 1 aliphatic heterocycles. The van der Waals surface area contributed by atoms with Gasteiger partial charge in [0, 0.05) is 37.8 Å². The van der Waals surface area contributed by atoms with E-state index in [0.717, 1.165) is 27.1 Å². The van der Waals surface area contributed by atoms with Gasteiger partial charge >= 0.3 is 0 Å². The monoisotopic (exact) mass is 463 g/mol. The number of thiophene rings is 1. The standard InChI is InChI=1S/C24H22FN5O2S/c1-16-22-19(17-4-6-18(25)7-5-17)8-9-26-23(22)30(27-16)15-21(31)28-10-12-29(13-11-28)24(32)20-3-2-14-33-20/h2-9,14H,10-13,15H2,1H3. The fourth-order valence-electron chi connectivity index (χ4n) is 4.20. The van der Waals surface area contributed by atoms with Gasteiger partial charge in [0.2, 0.25) is 5.91 Å². The molecule has 1 aliphatic rings. The number of hydrogen-bond acceptors (Lipinski definition) is 5. The van der Waals surface area contributed by atoms with E-state index in [1.54, 1.807) is 32.8 Å². The van der Waals surface area contributed by atoms with Crippen molar-refractivity contribution in [3.8, 4) is 11.1 Å². The number of fused-ring (bicyclic) bond motifs is 1. The van der Waals surface area contributed by atoms with Crippen LogP contribution in [0.25, 0.3) is 22.2 Å². The lowest BCUT2D eigenvalue weighted by Crippen LogP contribution is -2.51. The van der Waals surface area contributed by atoms with Crippen LogP contribution >= 0.6 is 11.3 Å². The van der Waals surface area contributed by atoms with Gasteiger partial charge in [-0.1, -0.05) is 18.2 Å². The van der Waals surface area contributed by atoms with Gasteiger partial charge in [-0.15, -0.1) is 11.3 Å². The number of nitrogens with zero attached hydrogens (tertiary/aromatic N) is 5. The Morgan fingerprint density at radius 3 is 2.45 bits per heavy atom. The molecule has 4 aromatic rings. The average molecular weight is 464 g/mol. The van der Waals surface area contributed by atoms with Gasteiger partial charge in [0.15, 0.2) is 5.65 Å². The molecule has 0 atom stereocenters. The van der Waals surface area contributed by atoms with Crippen LogP contribution in [0.3, 0.4) is 0 Å². The molecule has 0 bridgehead atoms. The van der Waals surface area contributed by atoms with E-state index in [0.29, 0.717) is 31.8 Å². The Bertz CT molecular complexity index is 1310. The Labute approximate surface area is 194 Å². The van der Waals surface area contributed by atoms with Gasteiger partial charge in [0.05, 0.1) is 10.6 Å². The summed E-state index contributed by atoms with van der Waals surface area (Å²) < 4.78 is 15.0. The molecule has 168 valence electrons. The fourth-order valence-corrected chi connectivity index (χ4v) is 4.90. The van der Waals surface area contributed by atoms with Gasteiger partial charge < -0.3 is 9.80 Å². The molecule has 4 heterocycles. The predicted octanol–water partition coefficient (Wildman–Crippen LogP) is 3.59. The average Bonchev–Trinajstić information content (AvgIpc) is 3.48. The number of hydrogen-bond donors (Lipinski definition) is 0. The molecule has 2 amide bonds. The minimum Gasteiger partial charge on any atom is -0.338 e. The molecule has 0 radical (unpaired) electrons. The van der Waals surface area contributed by atoms with Gasteiger partial charge in [0.25, 0.3) is 5.91 Å². The summed E-state index contributed by atoms with van der Waals surface area (Å²) >= 11 is 1.43. The number of halogens is 1. The molecule has 3 aromatic heterocycles. The van der Waals surface area contributed by atoms with Gasteiger partial charge in [-0.25, -0.2) is 14.1 Å². The van der Waals surface area contributed by atoms with Crippen molar-refractivity contribution in [2.75, 3.05) is 26.2 Å². The number of aryl methyl sites for hydroxylation is 1. The van der Waals surface area contributed by atoms with Gasteiger partial charge in [-0.2, -0.15) is 5.10 Å². The summed E-state index contributed by atoms with van der Waals surface area (Å²) in [5, 5.41) is 7.31. The maximum absolute atomic E-state index is 13.4. The second-order valence-electron chi connectivity index (χ2n) is 7.96. The van der Waals surface area contributed by atoms with Crippen LogP contribution < -0.4 is 0 Å². The second-order valence-corrected chi connectivity index (χ2v) is 8.91. The van der Waals surface area contributed by atoms with Gasteiger partial charge in [-0.05, 0) is 47.7 Å². The molecular weight excluding hydrogens is 441 g/mol. The fraction of sp³-hybridized carbons (Fsp3) is 0.250. The first kappa shape index (κ1) is 21.3. The maximum atomic E-state index is 13.4. The number of amides is 2. The summed E-state index contributed by atoms with van der Waals surface area (Å²) in [5.74, 6) is -0.334. The van der Waals surface area contributed by atoms with E-state index < -0.39 is 0 Å². The normalized spacial score (nSPS) is 14.1. The van der Waals surface area contributed by atoms with Crippen molar-refractivity contribution >= 4 is 34.2 Å². The van der Waals surface area contributed by atoms with E-state index >= 15 is 0 Å². The first-order chi connectivity index (χ1) is 16.0. The Morgan fingerprint density at radius 1 is 1.03 bits per heavy atom. The summed E-state index contributed by atoms with van der Waals surface area (Å²) in [6.45, 7) is 3.95. The molecule has 9 heteroatoms. The third-order valence-corrected chi connectivity index (χ3v) is 6.76. The summed E-state index contributed by atoms with van der Waals surface area (Å²) in [6.07, 6.45) is 1.68. The highest BCUT2D eigenvalue weighted by Crippen LogP contribution is 2.30. The van der Waals surface area contributed by atoms with E-state index in [4.69, 9.17) is 0 Å². The van der Waals surface area contributed by atoms with Crippen LogP contribution in [0.5, 0.6) is 0 Å². The minimum absolute atomic E-state index is 0.0170. The molecular formula is C24H22FN5O2S. The van der Waals surface area contributed by atoms with Crippen LogP contribution in [0.2, 0.25) is 0 Å². The SMILES string of the molecule is Cc1nn(CC(=O)N2CCN(C(=O)c3cccs3)CC2)c2nccc(-c3ccc(F)cc3)c12. The van der Waals surface area contributed by atoms with E-state index in [1.165, 1.54) is 23.5 Å². The summed E-state index contributed by atoms with van der Waals surface area (Å²) in [4.78, 5) is 34.3. The van der Waals surface area contributed by atoms with Crippen molar-refractivity contribution < 1.29 is 14.0 Å². The van der Waals surface area contributed by atoms with Gasteiger partial charge in [-0.3, -0.25) is 9.59 Å². The third-order valence-electron chi connectivity index (χ3n) is 5.90. The van der Waals surface area contributed by atoms with E-state index in [2.05, 4.69) is 10.1 Å². The Morgan fingerprint density at radius 2 is 1.76 bits per heavy atom. The largest absolute Gasteiger partial charge is 0.338 e. The third kappa shape index (κ3) is 4.11. The summed E-state index contributed by atoms with van der Waals surface area (Å²) in [5.41, 5.74) is 3.15. The van der Waals surface area contributed by atoms with Crippen LogP contribution in [0, 0.1) is 12.7 Å². The highest BCUT2D eigenvalue weighted by molar-refractivity contribution is 7.12. The van der Waals surface area contributed by atoms with E-state index in [1.807, 2.05) is 30.5 Å². The topological polar surface area (TPSA) is 71.3 Å². The number of benzene rings is 1. The first-order valence-electron chi connectivity index (χ1n) is 10.7. The lowest BCUT2D eigenvalue weighted by molar-refractivity contribution is -0.133. The molecule has 1 saturated heterocycles. The van der Waals surface area contributed by atoms with Crippen molar-refractivity contribution in [3.63, 3.8) is 0 Å². The van der Waals surface area contributed by atoms with E-state index in [9.17, 15) is 14.0 Å². The highest BCUT2D eigenvalue weighted by Gasteiger charge is 2.26. The molecule has 1 fully saturated rings. The summed E-state index contributed by atoms with van der Waals surface area (Å²) in [6, 6.07) is 11.9. The van der Waals surface area contributed by atoms with Crippen molar-refractivity contribution in [1.29, 1.82) is 0 Å². The number of pyridine rings is 1. The Hall–Kier alpha value is -3.59. The first-order valence-corrected chi connectivity index (χ1v) is 11.6. The number of carbonyl (C=O) groups excluding carboxylic acids is 2. The molecule has 1 aromatic carbocycles. The molecule has 0 aliphatic carbocycles. The van der Waals surface area contributed by atoms with Crippen LogP contribution in [0.1, 0.15) is 15.4 Å². The number of aromatic nitrogens is 3. The summed E-state index contributed by atoms with van der Waals surface area (Å²) in [7, 11) is 0. The zero-order valence-corrected chi connectivity index (χ0v) is 18.9.